The Balaban J connectivity index is 1.77. The molecule has 3 heteroatoms. The Morgan fingerprint density at radius 3 is 1.91 bits per heavy atom. The zero-order valence-electron chi connectivity index (χ0n) is 20.3. The van der Waals surface area contributed by atoms with E-state index < -0.39 is 0 Å². The van der Waals surface area contributed by atoms with Crippen molar-refractivity contribution in [2.24, 2.45) is 5.41 Å². The van der Waals surface area contributed by atoms with Gasteiger partial charge in [-0.05, 0) is 71.3 Å². The van der Waals surface area contributed by atoms with Crippen LogP contribution in [0.25, 0.3) is 59.9 Å². The first-order valence-corrected chi connectivity index (χ1v) is 12.1. The lowest BCUT2D eigenvalue weighted by atomic mass is 9.87. The summed E-state index contributed by atoms with van der Waals surface area (Å²) in [6.07, 6.45) is 2.78. The highest BCUT2D eigenvalue weighted by Gasteiger charge is 2.23. The summed E-state index contributed by atoms with van der Waals surface area (Å²) in [7, 11) is 0. The van der Waals surface area contributed by atoms with Crippen molar-refractivity contribution < 1.29 is 0 Å². The summed E-state index contributed by atoms with van der Waals surface area (Å²) < 4.78 is 2.45. The van der Waals surface area contributed by atoms with Crippen LogP contribution in [0, 0.1) is 19.3 Å². The third-order valence-corrected chi connectivity index (χ3v) is 7.49. The monoisotopic (exact) mass is 441 g/mol. The van der Waals surface area contributed by atoms with Gasteiger partial charge < -0.3 is 4.40 Å². The van der Waals surface area contributed by atoms with Gasteiger partial charge in [-0.2, -0.15) is 0 Å². The highest BCUT2D eigenvalue weighted by molar-refractivity contribution is 6.25. The second kappa shape index (κ2) is 6.44. The summed E-state index contributed by atoms with van der Waals surface area (Å²) in [4.78, 5) is 9.69. The molecule has 0 atom stereocenters. The molecule has 0 radical (unpaired) electrons. The van der Waals surface area contributed by atoms with Crippen molar-refractivity contribution in [3.8, 4) is 0 Å². The average Bonchev–Trinajstić information content (AvgIpc) is 3.08. The van der Waals surface area contributed by atoms with Crippen LogP contribution in [0.2, 0.25) is 0 Å². The molecule has 0 amide bonds. The predicted octanol–water partition coefficient (Wildman–Crippen LogP) is 8.14. The van der Waals surface area contributed by atoms with E-state index in [-0.39, 0.29) is 5.41 Å². The largest absolute Gasteiger partial charge is 0.305 e. The van der Waals surface area contributed by atoms with E-state index in [2.05, 4.69) is 93.6 Å². The Bertz CT molecular complexity index is 1930. The minimum Gasteiger partial charge on any atom is -0.305 e. The van der Waals surface area contributed by atoms with Gasteiger partial charge in [-0.15, -0.1) is 0 Å². The Labute approximate surface area is 198 Å². The number of nitrogens with zero attached hydrogens (tertiary/aromatic N) is 3. The molecule has 7 aromatic rings. The lowest BCUT2D eigenvalue weighted by Gasteiger charge is -2.19. The molecule has 0 aliphatic carbocycles. The van der Waals surface area contributed by atoms with Crippen molar-refractivity contribution in [3.63, 3.8) is 0 Å². The van der Waals surface area contributed by atoms with Gasteiger partial charge in [-0.3, -0.25) is 0 Å². The predicted molar refractivity (Wildman–Crippen MR) is 144 cm³/mol. The maximum absolute atomic E-state index is 4.85. The van der Waals surface area contributed by atoms with E-state index in [0.717, 1.165) is 23.0 Å². The zero-order valence-corrected chi connectivity index (χ0v) is 20.3. The van der Waals surface area contributed by atoms with Crippen molar-refractivity contribution in [3.05, 3.63) is 77.6 Å². The molecule has 4 aromatic heterocycles. The van der Waals surface area contributed by atoms with Crippen LogP contribution in [0.1, 0.15) is 37.5 Å². The number of aromatic nitrogens is 3. The van der Waals surface area contributed by atoms with Crippen molar-refractivity contribution in [2.45, 2.75) is 41.0 Å². The van der Waals surface area contributed by atoms with Gasteiger partial charge in [0.1, 0.15) is 6.33 Å². The molecule has 34 heavy (non-hydrogen) atoms. The first-order chi connectivity index (χ1) is 16.3. The Morgan fingerprint density at radius 1 is 0.676 bits per heavy atom. The number of benzene rings is 3. The molecule has 0 aliphatic heterocycles. The van der Waals surface area contributed by atoms with Crippen molar-refractivity contribution in [2.75, 3.05) is 0 Å². The maximum Gasteiger partial charge on any atom is 0.116 e. The van der Waals surface area contributed by atoms with E-state index >= 15 is 0 Å². The second-order valence-electron chi connectivity index (χ2n) is 11.1. The molecule has 0 bridgehead atoms. The Morgan fingerprint density at radius 2 is 1.26 bits per heavy atom. The normalized spacial score (nSPS) is 13.0. The van der Waals surface area contributed by atoms with Gasteiger partial charge in [0.2, 0.25) is 0 Å². The number of pyridine rings is 2. The number of rotatable bonds is 1. The third-order valence-electron chi connectivity index (χ3n) is 7.49. The van der Waals surface area contributed by atoms with Crippen LogP contribution in [0.5, 0.6) is 0 Å². The van der Waals surface area contributed by atoms with Crippen LogP contribution >= 0.6 is 0 Å². The molecule has 4 heterocycles. The van der Waals surface area contributed by atoms with Gasteiger partial charge in [0.25, 0.3) is 0 Å². The van der Waals surface area contributed by atoms with Gasteiger partial charge in [0, 0.05) is 21.5 Å². The van der Waals surface area contributed by atoms with E-state index in [1.807, 2.05) is 0 Å². The molecular weight excluding hydrogens is 414 g/mol. The lowest BCUT2D eigenvalue weighted by molar-refractivity contribution is 0.411. The van der Waals surface area contributed by atoms with E-state index in [4.69, 9.17) is 9.97 Å². The molecule has 0 unspecified atom stereocenters. The highest BCUT2D eigenvalue weighted by atomic mass is 15.0. The van der Waals surface area contributed by atoms with Gasteiger partial charge in [-0.1, -0.05) is 57.2 Å². The molecule has 3 aromatic carbocycles. The third kappa shape index (κ3) is 2.53. The molecule has 3 nitrogen and oxygen atoms in total. The van der Waals surface area contributed by atoms with Gasteiger partial charge in [0.05, 0.1) is 27.6 Å². The summed E-state index contributed by atoms with van der Waals surface area (Å²) >= 11 is 0. The lowest BCUT2D eigenvalue weighted by Crippen LogP contribution is -2.09. The molecule has 0 aliphatic rings. The minimum absolute atomic E-state index is 0.236. The molecule has 0 N–H and O–H groups in total. The summed E-state index contributed by atoms with van der Waals surface area (Å²) in [5, 5.41) is 7.46. The number of fused-ring (bicyclic) bond motifs is 7. The van der Waals surface area contributed by atoms with Crippen LogP contribution in [0.4, 0.5) is 0 Å². The number of hydrogen-bond acceptors (Lipinski definition) is 2. The van der Waals surface area contributed by atoms with Gasteiger partial charge in [0.15, 0.2) is 0 Å². The Kier molecular flexibility index (Phi) is 3.74. The zero-order chi connectivity index (χ0) is 23.4. The standard InChI is InChI=1S/C31H27N3/c1-17-18(2)29-25-14-21-9-7-6-8-20(21)13-23(25)27-30-26(32-16-33-27)22-11-10-19(15-31(3,4)5)12-24(22)28(17)34(29)30/h6-14,16H,15H2,1-5H3. The van der Waals surface area contributed by atoms with Crippen LogP contribution in [0.15, 0.2) is 60.9 Å². The minimum atomic E-state index is 0.236. The topological polar surface area (TPSA) is 30.2 Å². The van der Waals surface area contributed by atoms with E-state index in [9.17, 15) is 0 Å². The van der Waals surface area contributed by atoms with Gasteiger partial charge >= 0.3 is 0 Å². The summed E-state index contributed by atoms with van der Waals surface area (Å²) in [6, 6.07) is 20.2. The average molecular weight is 442 g/mol. The molecule has 0 fully saturated rings. The SMILES string of the molecule is Cc1c(C)c2c3cc4ccccc4cc3c3ncnc4c5ccc(CC(C)(C)C)cc5c1n2c43. The molecule has 7 rings (SSSR count). The maximum atomic E-state index is 4.85. The molecular formula is C31H27N3. The van der Waals surface area contributed by atoms with Crippen LogP contribution in [-0.4, -0.2) is 14.4 Å². The van der Waals surface area contributed by atoms with Crippen LogP contribution in [-0.2, 0) is 6.42 Å². The van der Waals surface area contributed by atoms with Crippen molar-refractivity contribution in [1.29, 1.82) is 0 Å². The fourth-order valence-electron chi connectivity index (χ4n) is 6.00. The van der Waals surface area contributed by atoms with E-state index in [1.165, 1.54) is 60.0 Å². The number of aryl methyl sites for hydroxylation is 2. The quantitative estimate of drug-likeness (QED) is 0.190. The summed E-state index contributed by atoms with van der Waals surface area (Å²) in [6.45, 7) is 11.4. The molecule has 0 saturated carbocycles. The van der Waals surface area contributed by atoms with E-state index in [0.29, 0.717) is 0 Å². The van der Waals surface area contributed by atoms with Crippen molar-refractivity contribution >= 4 is 59.9 Å². The molecule has 166 valence electrons. The number of hydrogen-bond donors (Lipinski definition) is 0. The second-order valence-corrected chi connectivity index (χ2v) is 11.1. The van der Waals surface area contributed by atoms with Crippen molar-refractivity contribution in [1.82, 2.24) is 14.4 Å². The first-order valence-electron chi connectivity index (χ1n) is 12.1. The smallest absolute Gasteiger partial charge is 0.116 e. The van der Waals surface area contributed by atoms with E-state index in [1.54, 1.807) is 6.33 Å². The summed E-state index contributed by atoms with van der Waals surface area (Å²) in [5.41, 5.74) is 10.0. The van der Waals surface area contributed by atoms with Crippen LogP contribution in [0.3, 0.4) is 0 Å². The van der Waals surface area contributed by atoms with Gasteiger partial charge in [-0.25, -0.2) is 9.97 Å². The highest BCUT2D eigenvalue weighted by Crippen LogP contribution is 2.43. The molecule has 0 saturated heterocycles. The summed E-state index contributed by atoms with van der Waals surface area (Å²) in [5.74, 6) is 0. The van der Waals surface area contributed by atoms with Crippen LogP contribution < -0.4 is 0 Å². The Hall–Kier alpha value is -3.72. The fraction of sp³-hybridized carbons (Fsp3) is 0.226. The molecule has 0 spiro atoms. The fourth-order valence-corrected chi connectivity index (χ4v) is 6.00. The first kappa shape index (κ1) is 19.7.